The SMILES string of the molecule is CCOc1ccc(NC(=O)CC2SC(=NN=C(C)c3cccc(NC(C)=O)c3)NC2=O)cc1. The van der Waals surface area contributed by atoms with Gasteiger partial charge in [0.1, 0.15) is 11.0 Å². The Morgan fingerprint density at radius 3 is 2.55 bits per heavy atom. The lowest BCUT2D eigenvalue weighted by Crippen LogP contribution is -2.28. The van der Waals surface area contributed by atoms with Crippen LogP contribution in [0.4, 0.5) is 11.4 Å². The number of benzene rings is 2. The fourth-order valence-electron chi connectivity index (χ4n) is 2.97. The van der Waals surface area contributed by atoms with E-state index in [0.29, 0.717) is 28.9 Å². The summed E-state index contributed by atoms with van der Waals surface area (Å²) in [7, 11) is 0. The highest BCUT2D eigenvalue weighted by atomic mass is 32.2. The van der Waals surface area contributed by atoms with Gasteiger partial charge < -0.3 is 20.7 Å². The molecule has 33 heavy (non-hydrogen) atoms. The Kier molecular flexibility index (Phi) is 8.20. The summed E-state index contributed by atoms with van der Waals surface area (Å²) in [4.78, 5) is 35.8. The van der Waals surface area contributed by atoms with E-state index < -0.39 is 5.25 Å². The summed E-state index contributed by atoms with van der Waals surface area (Å²) in [6.45, 7) is 5.68. The maximum Gasteiger partial charge on any atom is 0.240 e. The molecule has 10 heteroatoms. The molecule has 1 aliphatic rings. The van der Waals surface area contributed by atoms with Crippen molar-refractivity contribution in [2.75, 3.05) is 17.2 Å². The molecule has 1 fully saturated rings. The highest BCUT2D eigenvalue weighted by Gasteiger charge is 2.32. The molecule has 3 rings (SSSR count). The van der Waals surface area contributed by atoms with Gasteiger partial charge in [0.2, 0.25) is 17.7 Å². The Labute approximate surface area is 196 Å². The zero-order valence-electron chi connectivity index (χ0n) is 18.5. The van der Waals surface area contributed by atoms with E-state index in [-0.39, 0.29) is 24.1 Å². The highest BCUT2D eigenvalue weighted by Crippen LogP contribution is 2.24. The summed E-state index contributed by atoms with van der Waals surface area (Å²) in [6.07, 6.45) is 0.00416. The third-order valence-corrected chi connectivity index (χ3v) is 5.56. The molecule has 0 saturated carbocycles. The molecule has 172 valence electrons. The quantitative estimate of drug-likeness (QED) is 0.406. The zero-order chi connectivity index (χ0) is 23.8. The predicted molar refractivity (Wildman–Crippen MR) is 131 cm³/mol. The molecule has 2 aromatic carbocycles. The second-order valence-electron chi connectivity index (χ2n) is 7.16. The van der Waals surface area contributed by atoms with Gasteiger partial charge in [-0.15, -0.1) is 5.10 Å². The minimum atomic E-state index is -0.593. The van der Waals surface area contributed by atoms with E-state index >= 15 is 0 Å². The molecule has 1 atom stereocenters. The average molecular weight is 468 g/mol. The number of hydrogen-bond donors (Lipinski definition) is 3. The Morgan fingerprint density at radius 1 is 1.09 bits per heavy atom. The van der Waals surface area contributed by atoms with E-state index in [9.17, 15) is 14.4 Å². The van der Waals surface area contributed by atoms with Crippen molar-refractivity contribution in [1.82, 2.24) is 5.32 Å². The first-order valence-corrected chi connectivity index (χ1v) is 11.2. The maximum absolute atomic E-state index is 12.4. The maximum atomic E-state index is 12.4. The number of amides is 3. The van der Waals surface area contributed by atoms with Gasteiger partial charge in [0.05, 0.1) is 12.3 Å². The molecule has 0 spiro atoms. The molecule has 0 aromatic heterocycles. The summed E-state index contributed by atoms with van der Waals surface area (Å²) >= 11 is 1.16. The zero-order valence-corrected chi connectivity index (χ0v) is 19.4. The molecule has 3 N–H and O–H groups in total. The Morgan fingerprint density at radius 2 is 1.85 bits per heavy atom. The second-order valence-corrected chi connectivity index (χ2v) is 8.35. The van der Waals surface area contributed by atoms with Crippen LogP contribution >= 0.6 is 11.8 Å². The van der Waals surface area contributed by atoms with Crippen LogP contribution in [0.15, 0.2) is 58.7 Å². The van der Waals surface area contributed by atoms with Crippen LogP contribution in [0.3, 0.4) is 0 Å². The van der Waals surface area contributed by atoms with Gasteiger partial charge in [-0.1, -0.05) is 23.9 Å². The van der Waals surface area contributed by atoms with Gasteiger partial charge in [-0.05, 0) is 55.8 Å². The molecule has 1 unspecified atom stereocenters. The van der Waals surface area contributed by atoms with Crippen molar-refractivity contribution in [2.45, 2.75) is 32.4 Å². The summed E-state index contributed by atoms with van der Waals surface area (Å²) in [5.41, 5.74) is 2.68. The lowest BCUT2D eigenvalue weighted by molar-refractivity contribution is -0.122. The van der Waals surface area contributed by atoms with Crippen molar-refractivity contribution in [3.05, 3.63) is 54.1 Å². The molecule has 0 bridgehead atoms. The highest BCUT2D eigenvalue weighted by molar-refractivity contribution is 8.15. The van der Waals surface area contributed by atoms with Crippen LogP contribution in [0.2, 0.25) is 0 Å². The van der Waals surface area contributed by atoms with Crippen LogP contribution < -0.4 is 20.7 Å². The fraction of sp³-hybridized carbons (Fsp3) is 0.261. The molecule has 0 radical (unpaired) electrons. The van der Waals surface area contributed by atoms with E-state index in [4.69, 9.17) is 4.74 Å². The largest absolute Gasteiger partial charge is 0.494 e. The number of hydrogen-bond acceptors (Lipinski definition) is 7. The van der Waals surface area contributed by atoms with Gasteiger partial charge in [0.25, 0.3) is 0 Å². The molecule has 0 aliphatic carbocycles. The smallest absolute Gasteiger partial charge is 0.240 e. The summed E-state index contributed by atoms with van der Waals surface area (Å²) < 4.78 is 5.38. The van der Waals surface area contributed by atoms with Gasteiger partial charge in [-0.25, -0.2) is 0 Å². The van der Waals surface area contributed by atoms with Gasteiger partial charge >= 0.3 is 0 Å². The first-order valence-electron chi connectivity index (χ1n) is 10.3. The molecule has 1 aliphatic heterocycles. The van der Waals surface area contributed by atoms with Crippen LogP contribution in [0.25, 0.3) is 0 Å². The van der Waals surface area contributed by atoms with E-state index in [1.807, 2.05) is 13.0 Å². The predicted octanol–water partition coefficient (Wildman–Crippen LogP) is 3.38. The molecular formula is C23H25N5O4S. The first-order chi connectivity index (χ1) is 15.8. The summed E-state index contributed by atoms with van der Waals surface area (Å²) in [6, 6.07) is 14.2. The average Bonchev–Trinajstić information content (AvgIpc) is 3.12. The van der Waals surface area contributed by atoms with Crippen molar-refractivity contribution in [2.24, 2.45) is 10.2 Å². The van der Waals surface area contributed by atoms with Crippen LogP contribution in [0, 0.1) is 0 Å². The van der Waals surface area contributed by atoms with Gasteiger partial charge in [0, 0.05) is 24.7 Å². The number of nitrogens with zero attached hydrogens (tertiary/aromatic N) is 2. The molecule has 1 saturated heterocycles. The van der Waals surface area contributed by atoms with Gasteiger partial charge in [0.15, 0.2) is 5.17 Å². The molecule has 2 aromatic rings. The van der Waals surface area contributed by atoms with Gasteiger partial charge in [-0.3, -0.25) is 14.4 Å². The molecular weight excluding hydrogens is 442 g/mol. The number of nitrogens with one attached hydrogen (secondary N) is 3. The minimum Gasteiger partial charge on any atom is -0.494 e. The topological polar surface area (TPSA) is 121 Å². The number of rotatable bonds is 8. The molecule has 9 nitrogen and oxygen atoms in total. The monoisotopic (exact) mass is 467 g/mol. The molecule has 1 heterocycles. The minimum absolute atomic E-state index is 0.00416. The number of thioether (sulfide) groups is 1. The molecule has 3 amide bonds. The second kappa shape index (κ2) is 11.3. The van der Waals surface area contributed by atoms with Crippen LogP contribution in [-0.4, -0.2) is 40.5 Å². The third-order valence-electron chi connectivity index (χ3n) is 4.49. The van der Waals surface area contributed by atoms with E-state index in [2.05, 4.69) is 26.2 Å². The lowest BCUT2D eigenvalue weighted by atomic mass is 10.1. The van der Waals surface area contributed by atoms with Crippen LogP contribution in [0.1, 0.15) is 32.8 Å². The van der Waals surface area contributed by atoms with E-state index in [0.717, 1.165) is 23.1 Å². The Hall–Kier alpha value is -3.66. The van der Waals surface area contributed by atoms with Gasteiger partial charge in [-0.2, -0.15) is 5.10 Å². The first kappa shape index (κ1) is 24.0. The number of ether oxygens (including phenoxy) is 1. The third kappa shape index (κ3) is 7.18. The number of amidine groups is 1. The summed E-state index contributed by atoms with van der Waals surface area (Å²) in [5, 5.41) is 16.2. The standard InChI is InChI=1S/C23H25N5O4S/c1-4-32-19-10-8-17(9-11-19)25-21(30)13-20-22(31)26-23(33-20)28-27-14(2)16-6-5-7-18(12-16)24-15(3)29/h5-12,20H,4,13H2,1-3H3,(H,24,29)(H,25,30)(H,26,28,31). The van der Waals surface area contributed by atoms with E-state index in [1.165, 1.54) is 6.92 Å². The van der Waals surface area contributed by atoms with Crippen molar-refractivity contribution < 1.29 is 19.1 Å². The van der Waals surface area contributed by atoms with Crippen molar-refractivity contribution in [3.63, 3.8) is 0 Å². The Bertz CT molecular complexity index is 1100. The van der Waals surface area contributed by atoms with Crippen molar-refractivity contribution in [3.8, 4) is 5.75 Å². The van der Waals surface area contributed by atoms with Crippen LogP contribution in [-0.2, 0) is 14.4 Å². The number of anilines is 2. The fourth-order valence-corrected chi connectivity index (χ4v) is 3.89. The lowest BCUT2D eigenvalue weighted by Gasteiger charge is -2.08. The van der Waals surface area contributed by atoms with E-state index in [1.54, 1.807) is 49.4 Å². The normalized spacial score (nSPS) is 16.9. The van der Waals surface area contributed by atoms with Crippen LogP contribution in [0.5, 0.6) is 5.75 Å². The van der Waals surface area contributed by atoms with Crippen molar-refractivity contribution in [1.29, 1.82) is 0 Å². The number of carbonyl (C=O) groups excluding carboxylic acids is 3. The summed E-state index contributed by atoms with van der Waals surface area (Å²) in [5.74, 6) is -0.00643. The van der Waals surface area contributed by atoms with Crippen molar-refractivity contribution >= 4 is 51.7 Å². The Balaban J connectivity index is 1.57. The number of carbonyl (C=O) groups is 3.